The van der Waals surface area contributed by atoms with Crippen molar-refractivity contribution in [3.8, 4) is 5.75 Å². The molecular weight excluding hydrogens is 293 g/mol. The fourth-order valence-corrected chi connectivity index (χ4v) is 1.89. The van der Waals surface area contributed by atoms with Crippen molar-refractivity contribution in [2.24, 2.45) is 0 Å². The van der Waals surface area contributed by atoms with E-state index < -0.39 is 17.9 Å². The van der Waals surface area contributed by atoms with Gasteiger partial charge in [-0.15, -0.1) is 0 Å². The molecule has 0 fully saturated rings. The molecule has 1 amide bonds. The third kappa shape index (κ3) is 5.18. The number of aliphatic carboxylic acids is 1. The molecule has 0 aliphatic heterocycles. The molecule has 1 unspecified atom stereocenters. The van der Waals surface area contributed by atoms with Crippen molar-refractivity contribution in [1.82, 2.24) is 5.32 Å². The zero-order valence-corrected chi connectivity index (χ0v) is 14.2. The van der Waals surface area contributed by atoms with Gasteiger partial charge in [-0.3, -0.25) is 4.79 Å². The molecule has 0 aromatic heterocycles. The van der Waals surface area contributed by atoms with Gasteiger partial charge in [0.05, 0.1) is 12.0 Å². The van der Waals surface area contributed by atoms with Crippen LogP contribution in [0.15, 0.2) is 54.6 Å². The summed E-state index contributed by atoms with van der Waals surface area (Å²) in [6.07, 6.45) is 0.0845. The second-order valence-electron chi connectivity index (χ2n) is 4.58. The van der Waals surface area contributed by atoms with Gasteiger partial charge in [-0.2, -0.15) is 0 Å². The normalized spacial score (nSPS) is 11.1. The molecule has 5 nitrogen and oxygen atoms in total. The van der Waals surface area contributed by atoms with E-state index in [4.69, 9.17) is 0 Å². The maximum atomic E-state index is 12.0. The molecule has 0 aliphatic carbocycles. The first-order valence-corrected chi connectivity index (χ1v) is 6.41. The first-order chi connectivity index (χ1) is 10.1. The molecule has 1 atom stereocenters. The van der Waals surface area contributed by atoms with E-state index in [-0.39, 0.29) is 41.7 Å². The number of carboxylic acid groups (broad SMARTS) is 1. The smallest absolute Gasteiger partial charge is 0.548 e. The molecule has 22 heavy (non-hydrogen) atoms. The molecule has 0 radical (unpaired) electrons. The summed E-state index contributed by atoms with van der Waals surface area (Å²) in [5.41, 5.74) is 1.06. The Morgan fingerprint density at radius 1 is 1.05 bits per heavy atom. The zero-order chi connectivity index (χ0) is 15.2. The van der Waals surface area contributed by atoms with Gasteiger partial charge >= 0.3 is 29.6 Å². The maximum Gasteiger partial charge on any atom is 1.00 e. The first kappa shape index (κ1) is 18.2. The van der Waals surface area contributed by atoms with Crippen LogP contribution < -0.4 is 40.0 Å². The molecule has 108 valence electrons. The molecule has 0 heterocycles. The molecule has 0 saturated carbocycles. The Morgan fingerprint density at radius 3 is 2.18 bits per heavy atom. The van der Waals surface area contributed by atoms with Crippen LogP contribution in [0.3, 0.4) is 0 Å². The van der Waals surface area contributed by atoms with E-state index in [1.807, 2.05) is 0 Å². The van der Waals surface area contributed by atoms with Crippen molar-refractivity contribution in [1.29, 1.82) is 0 Å². The van der Waals surface area contributed by atoms with Crippen LogP contribution in [0.4, 0.5) is 0 Å². The summed E-state index contributed by atoms with van der Waals surface area (Å²) in [5.74, 6) is -1.73. The van der Waals surface area contributed by atoms with Gasteiger partial charge in [0.1, 0.15) is 5.75 Å². The second-order valence-corrected chi connectivity index (χ2v) is 4.58. The summed E-state index contributed by atoms with van der Waals surface area (Å²) >= 11 is 0. The number of carbonyl (C=O) groups excluding carboxylic acids is 2. The number of carboxylic acids is 1. The van der Waals surface area contributed by atoms with E-state index in [1.165, 1.54) is 12.1 Å². The van der Waals surface area contributed by atoms with Crippen LogP contribution in [0.1, 0.15) is 15.9 Å². The van der Waals surface area contributed by atoms with Crippen LogP contribution in [0.5, 0.6) is 5.75 Å². The van der Waals surface area contributed by atoms with E-state index in [0.717, 1.165) is 0 Å². The number of amides is 1. The summed E-state index contributed by atoms with van der Waals surface area (Å²) in [6.45, 7) is 0. The quantitative estimate of drug-likeness (QED) is 0.597. The predicted octanol–water partition coefficient (Wildman–Crippen LogP) is -2.51. The van der Waals surface area contributed by atoms with Gasteiger partial charge in [-0.25, -0.2) is 0 Å². The Hall–Kier alpha value is -1.82. The number of carbonyl (C=O) groups is 2. The number of hydrogen-bond acceptors (Lipinski definition) is 4. The van der Waals surface area contributed by atoms with E-state index >= 15 is 0 Å². The van der Waals surface area contributed by atoms with Crippen molar-refractivity contribution < 1.29 is 49.4 Å². The molecule has 0 aliphatic rings. The van der Waals surface area contributed by atoms with Crippen molar-refractivity contribution in [3.63, 3.8) is 0 Å². The maximum absolute atomic E-state index is 12.0. The van der Waals surface area contributed by atoms with Crippen LogP contribution >= 0.6 is 0 Å². The van der Waals surface area contributed by atoms with Crippen LogP contribution in [-0.4, -0.2) is 23.0 Å². The Balaban J connectivity index is 0.00000242. The van der Waals surface area contributed by atoms with Crippen molar-refractivity contribution >= 4 is 11.9 Å². The van der Waals surface area contributed by atoms with E-state index in [2.05, 4.69) is 5.32 Å². The summed E-state index contributed by atoms with van der Waals surface area (Å²) in [7, 11) is 0. The van der Waals surface area contributed by atoms with Crippen molar-refractivity contribution in [3.05, 3.63) is 65.7 Å². The molecule has 2 aromatic carbocycles. The molecule has 0 bridgehead atoms. The average molecular weight is 307 g/mol. The number of nitrogens with one attached hydrogen (secondary N) is 1. The van der Waals surface area contributed by atoms with Crippen LogP contribution in [-0.2, 0) is 11.2 Å². The third-order valence-corrected chi connectivity index (χ3v) is 3.00. The van der Waals surface area contributed by atoms with E-state index in [0.29, 0.717) is 11.1 Å². The van der Waals surface area contributed by atoms with Crippen LogP contribution in [0.25, 0.3) is 0 Å². The van der Waals surface area contributed by atoms with Crippen molar-refractivity contribution in [2.75, 3.05) is 0 Å². The SMILES string of the molecule is O=C(NC(Cc1ccc(O)cc1)C(=O)[O-])c1ccccc1.[Na+]. The Bertz CT molecular complexity index is 628. The Morgan fingerprint density at radius 2 is 1.64 bits per heavy atom. The van der Waals surface area contributed by atoms with Crippen molar-refractivity contribution in [2.45, 2.75) is 12.5 Å². The van der Waals surface area contributed by atoms with E-state index in [1.54, 1.807) is 42.5 Å². The topological polar surface area (TPSA) is 89.5 Å². The number of rotatable bonds is 5. The fraction of sp³-hybridized carbons (Fsp3) is 0.125. The Kier molecular flexibility index (Phi) is 7.11. The molecule has 0 spiro atoms. The summed E-state index contributed by atoms with van der Waals surface area (Å²) in [4.78, 5) is 23.1. The summed E-state index contributed by atoms with van der Waals surface area (Å²) < 4.78 is 0. The minimum atomic E-state index is -1.35. The number of phenolic OH excluding ortho intramolecular Hbond substituents is 1. The molecule has 2 N–H and O–H groups in total. The van der Waals surface area contributed by atoms with Gasteiger partial charge in [0, 0.05) is 5.56 Å². The van der Waals surface area contributed by atoms with Gasteiger partial charge in [0.25, 0.3) is 5.91 Å². The van der Waals surface area contributed by atoms with Crippen LogP contribution in [0.2, 0.25) is 0 Å². The average Bonchev–Trinajstić information content (AvgIpc) is 2.49. The minimum Gasteiger partial charge on any atom is -0.548 e. The van der Waals surface area contributed by atoms with Gasteiger partial charge in [-0.1, -0.05) is 30.3 Å². The van der Waals surface area contributed by atoms with E-state index in [9.17, 15) is 19.8 Å². The van der Waals surface area contributed by atoms with Crippen LogP contribution in [0, 0.1) is 0 Å². The first-order valence-electron chi connectivity index (χ1n) is 6.41. The molecule has 0 saturated heterocycles. The predicted molar refractivity (Wildman–Crippen MR) is 74.5 cm³/mol. The van der Waals surface area contributed by atoms with Gasteiger partial charge < -0.3 is 20.3 Å². The second kappa shape index (κ2) is 8.58. The number of benzene rings is 2. The Labute approximate surface area is 150 Å². The molecular formula is C16H14NNaO4. The fourth-order valence-electron chi connectivity index (χ4n) is 1.89. The van der Waals surface area contributed by atoms with Gasteiger partial charge in [0.15, 0.2) is 0 Å². The van der Waals surface area contributed by atoms with Gasteiger partial charge in [0.2, 0.25) is 0 Å². The van der Waals surface area contributed by atoms with Gasteiger partial charge in [-0.05, 0) is 36.2 Å². The molecule has 2 aromatic rings. The zero-order valence-electron chi connectivity index (χ0n) is 12.2. The number of hydrogen-bond donors (Lipinski definition) is 2. The summed E-state index contributed by atoms with van der Waals surface area (Å²) in [6, 6.07) is 13.3. The minimum absolute atomic E-state index is 0. The number of aromatic hydroxyl groups is 1. The molecule has 2 rings (SSSR count). The third-order valence-electron chi connectivity index (χ3n) is 3.00. The monoisotopic (exact) mass is 307 g/mol. The molecule has 6 heteroatoms. The summed E-state index contributed by atoms with van der Waals surface area (Å²) in [5, 5.41) is 22.8. The largest absolute Gasteiger partial charge is 1.00 e. The number of phenols is 1. The standard InChI is InChI=1S/C16H15NO4.Na/c18-13-8-6-11(7-9-13)10-14(16(20)21)17-15(19)12-4-2-1-3-5-12;/h1-9,14,18H,10H2,(H,17,19)(H,20,21);/q;+1/p-1.